The Morgan fingerprint density at radius 2 is 0.315 bits per heavy atom. The van der Waals surface area contributed by atoms with Crippen LogP contribution in [0.2, 0.25) is 0 Å². The first-order valence-corrected chi connectivity index (χ1v) is 25.6. The van der Waals surface area contributed by atoms with Crippen molar-refractivity contribution in [3.63, 3.8) is 0 Å². The van der Waals surface area contributed by atoms with E-state index in [9.17, 15) is 0 Å². The molecule has 1 nitrogen and oxygen atoms in total. The summed E-state index contributed by atoms with van der Waals surface area (Å²) >= 11 is 0. The van der Waals surface area contributed by atoms with Gasteiger partial charge in [-0.3, -0.25) is 0 Å². The molecule has 0 aliphatic rings. The van der Waals surface area contributed by atoms with Crippen LogP contribution in [0.1, 0.15) is 66.8 Å². The molecule has 0 saturated heterocycles. The predicted octanol–water partition coefficient (Wildman–Crippen LogP) is 18.1. The van der Waals surface area contributed by atoms with Gasteiger partial charge >= 0.3 is 0 Å². The second kappa shape index (κ2) is 24.4. The first-order chi connectivity index (χ1) is 36.1. The molecule has 0 aliphatic heterocycles. The highest BCUT2D eigenvalue weighted by Gasteiger charge is 2.12. The summed E-state index contributed by atoms with van der Waals surface area (Å²) in [6, 6.07) is 107. The lowest BCUT2D eigenvalue weighted by Crippen LogP contribution is -2.09. The minimum absolute atomic E-state index is 0.938. The molecule has 0 aliphatic carbocycles. The molecule has 0 amide bonds. The molecule has 0 atom stereocenters. The van der Waals surface area contributed by atoms with Crippen LogP contribution in [0.4, 0.5) is 17.1 Å². The van der Waals surface area contributed by atoms with E-state index in [-0.39, 0.29) is 0 Å². The van der Waals surface area contributed by atoms with Gasteiger partial charge in [0.2, 0.25) is 0 Å². The van der Waals surface area contributed by atoms with Gasteiger partial charge in [-0.05, 0) is 153 Å². The number of benzene rings is 11. The maximum atomic E-state index is 2.29. The van der Waals surface area contributed by atoms with Crippen LogP contribution in [0.15, 0.2) is 297 Å². The van der Waals surface area contributed by atoms with Crippen molar-refractivity contribution in [3.05, 3.63) is 364 Å². The number of para-hydroxylation sites is 2. The lowest BCUT2D eigenvalue weighted by atomic mass is 9.98. The van der Waals surface area contributed by atoms with Crippen LogP contribution in [0, 0.1) is 0 Å². The predicted molar refractivity (Wildman–Crippen MR) is 308 cm³/mol. The minimum Gasteiger partial charge on any atom is -0.311 e. The Labute approximate surface area is 433 Å². The summed E-state index contributed by atoms with van der Waals surface area (Å²) in [6.07, 6.45) is 5.84. The van der Waals surface area contributed by atoms with Crippen LogP contribution >= 0.6 is 0 Å². The zero-order valence-electron chi connectivity index (χ0n) is 41.5. The summed E-state index contributed by atoms with van der Waals surface area (Å²) in [5, 5.41) is 0. The molecule has 11 aromatic rings. The van der Waals surface area contributed by atoms with Gasteiger partial charge in [0.25, 0.3) is 0 Å². The van der Waals surface area contributed by atoms with Gasteiger partial charge in [0, 0.05) is 17.1 Å². The third-order valence-electron chi connectivity index (χ3n) is 13.5. The third-order valence-corrected chi connectivity index (χ3v) is 13.5. The summed E-state index contributed by atoms with van der Waals surface area (Å²) in [4.78, 5) is 2.29. The zero-order valence-corrected chi connectivity index (χ0v) is 41.5. The molecule has 11 aromatic carbocycles. The second-order valence-corrected chi connectivity index (χ2v) is 19.0. The fourth-order valence-corrected chi connectivity index (χ4v) is 9.52. The molecule has 1 heteroatoms. The topological polar surface area (TPSA) is 3.24 Å². The van der Waals surface area contributed by atoms with Crippen molar-refractivity contribution in [1.82, 2.24) is 0 Å². The van der Waals surface area contributed by atoms with E-state index in [1.807, 2.05) is 0 Å². The van der Waals surface area contributed by atoms with Gasteiger partial charge in [-0.25, -0.2) is 0 Å². The van der Waals surface area contributed by atoms with E-state index in [0.29, 0.717) is 0 Å². The number of rotatable bonds is 16. The molecule has 0 fully saturated rings. The lowest BCUT2D eigenvalue weighted by Gasteiger charge is -2.25. The van der Waals surface area contributed by atoms with Crippen molar-refractivity contribution in [2.45, 2.75) is 38.5 Å². The molecule has 73 heavy (non-hydrogen) atoms. The summed E-state index contributed by atoms with van der Waals surface area (Å²) in [5.41, 5.74) is 22.1. The second-order valence-electron chi connectivity index (χ2n) is 19.0. The van der Waals surface area contributed by atoms with E-state index >= 15 is 0 Å². The van der Waals surface area contributed by atoms with Crippen LogP contribution in [0.3, 0.4) is 0 Å². The molecule has 0 spiro atoms. The Hall–Kier alpha value is -8.78. The SMILES string of the molecule is c1ccc(Cc2ccc(Cc3ccc(-c4ccc(N(c5ccccc5)c5ccccc5)cc4)cc3)cc2)cc1.c1ccc(Cc2ccc(Cc3ccc(Cc4ccc(Cc5ccccc5)cc4)cc3)cc2)cc1. The summed E-state index contributed by atoms with van der Waals surface area (Å²) in [5.74, 6) is 0. The molecule has 0 bridgehead atoms. The Bertz CT molecular complexity index is 3190. The van der Waals surface area contributed by atoms with Gasteiger partial charge in [0.1, 0.15) is 0 Å². The summed E-state index contributed by atoms with van der Waals surface area (Å²) in [6.45, 7) is 0. The Kier molecular flexibility index (Phi) is 16.0. The molecular weight excluding hydrogens is 879 g/mol. The number of hydrogen-bond donors (Lipinski definition) is 0. The minimum atomic E-state index is 0.938. The molecule has 0 saturated carbocycles. The van der Waals surface area contributed by atoms with E-state index in [0.717, 1.165) is 55.6 Å². The lowest BCUT2D eigenvalue weighted by molar-refractivity contribution is 1.13. The van der Waals surface area contributed by atoms with Gasteiger partial charge in [0.15, 0.2) is 0 Å². The van der Waals surface area contributed by atoms with Crippen molar-refractivity contribution in [2.75, 3.05) is 4.90 Å². The standard InChI is InChI=1S/C38H31N.C34H30/c1-4-10-30(11-5-1)28-31-16-18-32(19-17-31)29-33-20-22-34(23-21-33)35-24-26-38(27-25-35)39(36-12-6-2-7-13-36)37-14-8-3-9-15-37;1-3-7-27(8-4-1)23-29-11-15-31(16-12-29)25-33-19-21-34(22-20-33)26-32-17-13-30(14-18-32)24-28-9-5-2-6-10-28/h1-27H,28-29H2;1-22H,23-26H2. The highest BCUT2D eigenvalue weighted by Crippen LogP contribution is 2.35. The van der Waals surface area contributed by atoms with Crippen molar-refractivity contribution in [2.24, 2.45) is 0 Å². The normalized spacial score (nSPS) is 10.8. The molecule has 0 N–H and O–H groups in total. The quantitative estimate of drug-likeness (QED) is 0.0933. The van der Waals surface area contributed by atoms with Crippen LogP contribution in [0.25, 0.3) is 11.1 Å². The average molecular weight is 940 g/mol. The van der Waals surface area contributed by atoms with Crippen LogP contribution < -0.4 is 4.90 Å². The highest BCUT2D eigenvalue weighted by atomic mass is 15.1. The molecular formula is C72H61N. The van der Waals surface area contributed by atoms with Gasteiger partial charge in [-0.2, -0.15) is 0 Å². The highest BCUT2D eigenvalue weighted by molar-refractivity contribution is 5.78. The molecule has 0 unspecified atom stereocenters. The van der Waals surface area contributed by atoms with Crippen LogP contribution in [-0.2, 0) is 38.5 Å². The molecule has 0 radical (unpaired) electrons. The molecule has 0 aromatic heterocycles. The van der Waals surface area contributed by atoms with E-state index in [1.54, 1.807) is 0 Å². The monoisotopic (exact) mass is 939 g/mol. The average Bonchev–Trinajstić information content (AvgIpc) is 3.45. The Balaban J connectivity index is 0.000000169. The molecule has 0 heterocycles. The van der Waals surface area contributed by atoms with Gasteiger partial charge in [0.05, 0.1) is 0 Å². The molecule has 354 valence electrons. The fourth-order valence-electron chi connectivity index (χ4n) is 9.52. The summed E-state index contributed by atoms with van der Waals surface area (Å²) in [7, 11) is 0. The van der Waals surface area contributed by atoms with Gasteiger partial charge < -0.3 is 4.90 Å². The van der Waals surface area contributed by atoms with Crippen LogP contribution in [-0.4, -0.2) is 0 Å². The van der Waals surface area contributed by atoms with Crippen molar-refractivity contribution in [3.8, 4) is 11.1 Å². The van der Waals surface area contributed by atoms with Gasteiger partial charge in [-0.1, -0.05) is 261 Å². The van der Waals surface area contributed by atoms with Crippen molar-refractivity contribution >= 4 is 17.1 Å². The molecule has 11 rings (SSSR count). The largest absolute Gasteiger partial charge is 0.311 e. The Morgan fingerprint density at radius 3 is 0.548 bits per heavy atom. The number of nitrogens with zero attached hydrogens (tertiary/aromatic N) is 1. The van der Waals surface area contributed by atoms with E-state index < -0.39 is 0 Å². The number of hydrogen-bond acceptors (Lipinski definition) is 1. The maximum absolute atomic E-state index is 2.29. The van der Waals surface area contributed by atoms with E-state index in [1.165, 1.54) is 77.9 Å². The fraction of sp³-hybridized carbons (Fsp3) is 0.0833. The van der Waals surface area contributed by atoms with E-state index in [2.05, 4.69) is 302 Å². The van der Waals surface area contributed by atoms with Crippen LogP contribution in [0.5, 0.6) is 0 Å². The van der Waals surface area contributed by atoms with Crippen molar-refractivity contribution in [1.29, 1.82) is 0 Å². The van der Waals surface area contributed by atoms with E-state index in [4.69, 9.17) is 0 Å². The smallest absolute Gasteiger partial charge is 0.0462 e. The first kappa shape index (κ1) is 47.9. The van der Waals surface area contributed by atoms with Crippen molar-refractivity contribution < 1.29 is 0 Å². The summed E-state index contributed by atoms with van der Waals surface area (Å²) < 4.78 is 0. The van der Waals surface area contributed by atoms with Gasteiger partial charge in [-0.15, -0.1) is 0 Å². The zero-order chi connectivity index (χ0) is 49.3. The third kappa shape index (κ3) is 13.8. The Morgan fingerprint density at radius 1 is 0.151 bits per heavy atom. The number of anilines is 3. The maximum Gasteiger partial charge on any atom is 0.0462 e. The first-order valence-electron chi connectivity index (χ1n) is 25.6.